The molecule has 2 N–H and O–H groups in total. The van der Waals surface area contributed by atoms with Crippen molar-refractivity contribution >= 4 is 26.9 Å². The van der Waals surface area contributed by atoms with E-state index in [1.54, 1.807) is 24.3 Å². The number of benzene rings is 2. The second kappa shape index (κ2) is 19.8. The lowest BCUT2D eigenvalue weighted by molar-refractivity contribution is -0.131. The van der Waals surface area contributed by atoms with Gasteiger partial charge in [0.15, 0.2) is 11.6 Å². The molecule has 2 aromatic rings. The van der Waals surface area contributed by atoms with Crippen LogP contribution in [-0.4, -0.2) is 65.6 Å². The highest BCUT2D eigenvalue weighted by molar-refractivity contribution is 6.60. The quantitative estimate of drug-likeness (QED) is 0.0919. The van der Waals surface area contributed by atoms with Gasteiger partial charge in [0.2, 0.25) is 0 Å². The molecule has 0 saturated carbocycles. The number of unbranched alkanes of at least 4 members (excludes halogenated alkanes) is 3. The number of amides is 1. The zero-order valence-electron chi connectivity index (χ0n) is 24.9. The molecule has 232 valence electrons. The van der Waals surface area contributed by atoms with E-state index in [1.165, 1.54) is 12.1 Å². The number of nitrogens with one attached hydrogen (secondary N) is 1. The van der Waals surface area contributed by atoms with Crippen molar-refractivity contribution in [2.24, 2.45) is 0 Å². The highest BCUT2D eigenvalue weighted by atomic mass is 28.4. The SMILES string of the molecule is CCO[Si](CCCNC(=O)OCCCCCCOc1ccc(-c2ccc(/C=C/C(=O)O)cc2)cc1F)(OCC)OCC. The van der Waals surface area contributed by atoms with Gasteiger partial charge in [0, 0.05) is 38.5 Å². The molecule has 11 heteroatoms. The van der Waals surface area contributed by atoms with Gasteiger partial charge in [0.25, 0.3) is 0 Å². The van der Waals surface area contributed by atoms with Crippen LogP contribution in [0.25, 0.3) is 17.2 Å². The second-order valence-electron chi connectivity index (χ2n) is 9.35. The number of ether oxygens (including phenoxy) is 2. The van der Waals surface area contributed by atoms with Gasteiger partial charge in [0.1, 0.15) is 0 Å². The lowest BCUT2D eigenvalue weighted by Crippen LogP contribution is -2.46. The molecule has 0 spiro atoms. The Morgan fingerprint density at radius 1 is 0.857 bits per heavy atom. The molecule has 0 bridgehead atoms. The van der Waals surface area contributed by atoms with Crippen molar-refractivity contribution in [1.29, 1.82) is 0 Å². The molecular formula is C31H44FNO8Si. The summed E-state index contributed by atoms with van der Waals surface area (Å²) in [6.45, 7) is 8.47. The summed E-state index contributed by atoms with van der Waals surface area (Å²) < 4.78 is 42.9. The first-order valence-electron chi connectivity index (χ1n) is 14.6. The minimum absolute atomic E-state index is 0.198. The minimum Gasteiger partial charge on any atom is -0.491 e. The van der Waals surface area contributed by atoms with Crippen molar-refractivity contribution < 1.29 is 41.8 Å². The summed E-state index contributed by atoms with van der Waals surface area (Å²) in [5.74, 6) is -1.26. The third-order valence-electron chi connectivity index (χ3n) is 6.15. The standard InChI is InChI=1S/C31H44FNO8Si/c1-4-39-42(40-5-2,41-6-3)23-11-20-33-31(36)38-22-10-8-7-9-21-37-29-18-17-27(24-28(29)32)26-15-12-25(13-16-26)14-19-30(34)35/h12-19,24H,4-11,20-23H2,1-3H3,(H,33,36)(H,34,35)/b19-14+. The molecule has 0 saturated heterocycles. The zero-order valence-corrected chi connectivity index (χ0v) is 25.9. The number of hydrogen-bond donors (Lipinski definition) is 2. The number of carbonyl (C=O) groups is 2. The monoisotopic (exact) mass is 605 g/mol. The summed E-state index contributed by atoms with van der Waals surface area (Å²) in [4.78, 5) is 22.6. The van der Waals surface area contributed by atoms with Gasteiger partial charge in [-0.15, -0.1) is 0 Å². The molecule has 0 aromatic heterocycles. The van der Waals surface area contributed by atoms with Gasteiger partial charge in [-0.2, -0.15) is 0 Å². The highest BCUT2D eigenvalue weighted by Crippen LogP contribution is 2.26. The fraction of sp³-hybridized carbons (Fsp3) is 0.484. The van der Waals surface area contributed by atoms with Crippen LogP contribution < -0.4 is 10.1 Å². The molecule has 2 rings (SSSR count). The largest absolute Gasteiger partial charge is 0.500 e. The number of hydrogen-bond acceptors (Lipinski definition) is 7. The second-order valence-corrected chi connectivity index (χ2v) is 12.1. The van der Waals surface area contributed by atoms with E-state index in [4.69, 9.17) is 27.9 Å². The first kappa shape index (κ1) is 34.9. The van der Waals surface area contributed by atoms with Crippen LogP contribution in [0.3, 0.4) is 0 Å². The number of carboxylic acids is 1. The number of halogens is 1. The average molecular weight is 606 g/mol. The molecule has 0 fully saturated rings. The Balaban J connectivity index is 1.59. The van der Waals surface area contributed by atoms with E-state index >= 15 is 0 Å². The van der Waals surface area contributed by atoms with Crippen molar-refractivity contribution in [1.82, 2.24) is 5.32 Å². The number of carbonyl (C=O) groups excluding carboxylic acids is 1. The van der Waals surface area contributed by atoms with Crippen LogP contribution in [0.15, 0.2) is 48.5 Å². The molecule has 0 radical (unpaired) electrons. The van der Waals surface area contributed by atoms with Crippen molar-refractivity contribution in [2.45, 2.75) is 58.9 Å². The van der Waals surface area contributed by atoms with Crippen molar-refractivity contribution in [3.8, 4) is 16.9 Å². The summed E-state index contributed by atoms with van der Waals surface area (Å²) in [7, 11) is -2.70. The summed E-state index contributed by atoms with van der Waals surface area (Å²) in [5, 5.41) is 11.5. The highest BCUT2D eigenvalue weighted by Gasteiger charge is 2.39. The Morgan fingerprint density at radius 3 is 2.07 bits per heavy atom. The van der Waals surface area contributed by atoms with Gasteiger partial charge >= 0.3 is 20.9 Å². The van der Waals surface area contributed by atoms with Crippen LogP contribution in [0.1, 0.15) is 58.4 Å². The Labute approximate surface area is 249 Å². The number of carboxylic acid groups (broad SMARTS) is 1. The fourth-order valence-corrected chi connectivity index (χ4v) is 6.82. The molecule has 0 unspecified atom stereocenters. The van der Waals surface area contributed by atoms with Crippen LogP contribution in [0.2, 0.25) is 6.04 Å². The van der Waals surface area contributed by atoms with Crippen LogP contribution in [0.4, 0.5) is 9.18 Å². The van der Waals surface area contributed by atoms with E-state index in [0.717, 1.165) is 42.9 Å². The first-order chi connectivity index (χ1) is 20.3. The first-order valence-corrected chi connectivity index (χ1v) is 16.5. The zero-order chi connectivity index (χ0) is 30.6. The third-order valence-corrected chi connectivity index (χ3v) is 9.30. The van der Waals surface area contributed by atoms with E-state index in [0.29, 0.717) is 57.6 Å². The Hall–Kier alpha value is -3.25. The lowest BCUT2D eigenvalue weighted by atomic mass is 10.0. The van der Waals surface area contributed by atoms with E-state index in [1.807, 2.05) is 32.9 Å². The van der Waals surface area contributed by atoms with E-state index in [-0.39, 0.29) is 5.75 Å². The molecule has 1 amide bonds. The molecule has 0 atom stereocenters. The number of rotatable bonds is 21. The van der Waals surface area contributed by atoms with Crippen LogP contribution in [-0.2, 0) is 22.8 Å². The predicted octanol–water partition coefficient (Wildman–Crippen LogP) is 6.69. The van der Waals surface area contributed by atoms with E-state index < -0.39 is 26.7 Å². The summed E-state index contributed by atoms with van der Waals surface area (Å²) in [6.07, 6.45) is 6.01. The predicted molar refractivity (Wildman–Crippen MR) is 162 cm³/mol. The van der Waals surface area contributed by atoms with Crippen LogP contribution in [0, 0.1) is 5.82 Å². The molecule has 0 aliphatic carbocycles. The summed E-state index contributed by atoms with van der Waals surface area (Å²) in [6, 6.07) is 12.6. The third kappa shape index (κ3) is 13.2. The number of aliphatic carboxylic acids is 1. The van der Waals surface area contributed by atoms with Crippen LogP contribution in [0.5, 0.6) is 5.75 Å². The summed E-state index contributed by atoms with van der Waals surface area (Å²) in [5.41, 5.74) is 2.26. The van der Waals surface area contributed by atoms with Gasteiger partial charge in [-0.1, -0.05) is 30.3 Å². The Kier molecular flexibility index (Phi) is 16.5. The Morgan fingerprint density at radius 2 is 1.48 bits per heavy atom. The molecule has 42 heavy (non-hydrogen) atoms. The topological polar surface area (TPSA) is 113 Å². The van der Waals surface area contributed by atoms with Crippen LogP contribution >= 0.6 is 0 Å². The van der Waals surface area contributed by atoms with E-state index in [9.17, 15) is 14.0 Å². The van der Waals surface area contributed by atoms with Crippen molar-refractivity contribution in [2.75, 3.05) is 39.6 Å². The van der Waals surface area contributed by atoms with Gasteiger partial charge in [-0.25, -0.2) is 14.0 Å². The van der Waals surface area contributed by atoms with Gasteiger partial charge < -0.3 is 33.2 Å². The van der Waals surface area contributed by atoms with Gasteiger partial charge in [-0.3, -0.25) is 0 Å². The molecular weight excluding hydrogens is 561 g/mol. The Bertz CT molecular complexity index is 1100. The maximum absolute atomic E-state index is 14.6. The molecule has 9 nitrogen and oxygen atoms in total. The molecule has 0 aliphatic heterocycles. The van der Waals surface area contributed by atoms with Crippen molar-refractivity contribution in [3.05, 3.63) is 59.9 Å². The number of alkyl carbamates (subject to hydrolysis) is 1. The van der Waals surface area contributed by atoms with E-state index in [2.05, 4.69) is 5.32 Å². The average Bonchev–Trinajstić information content (AvgIpc) is 2.97. The molecule has 2 aromatic carbocycles. The molecule has 0 aliphatic rings. The maximum atomic E-state index is 14.6. The van der Waals surface area contributed by atoms with Gasteiger partial charge in [0.05, 0.1) is 13.2 Å². The summed E-state index contributed by atoms with van der Waals surface area (Å²) >= 11 is 0. The van der Waals surface area contributed by atoms with Gasteiger partial charge in [-0.05, 0) is 87.8 Å². The smallest absolute Gasteiger partial charge is 0.491 e. The lowest BCUT2D eigenvalue weighted by Gasteiger charge is -2.28. The van der Waals surface area contributed by atoms with Crippen molar-refractivity contribution in [3.63, 3.8) is 0 Å². The normalized spacial score (nSPS) is 11.5. The minimum atomic E-state index is -2.70. The molecule has 0 heterocycles. The fourth-order valence-electron chi connectivity index (χ4n) is 4.20. The maximum Gasteiger partial charge on any atom is 0.500 e.